The third-order valence-corrected chi connectivity index (χ3v) is 8.38. The summed E-state index contributed by atoms with van der Waals surface area (Å²) in [4.78, 5) is 39.4. The van der Waals surface area contributed by atoms with Crippen molar-refractivity contribution in [3.63, 3.8) is 0 Å². The number of carboxylic acids is 1. The van der Waals surface area contributed by atoms with Crippen LogP contribution in [0.5, 0.6) is 5.75 Å². The second-order valence-electron chi connectivity index (χ2n) is 12.9. The molecule has 4 rings (SSSR count). The van der Waals surface area contributed by atoms with E-state index in [9.17, 15) is 54.2 Å². The molecule has 3 heterocycles. The molecule has 1 aromatic carbocycles. The maximum Gasteiger partial charge on any atom is 0.433 e. The highest BCUT2D eigenvalue weighted by atomic mass is 19.4. The molecule has 54 heavy (non-hydrogen) atoms. The summed E-state index contributed by atoms with van der Waals surface area (Å²) in [7, 11) is 0. The molecule has 0 bridgehead atoms. The Labute approximate surface area is 302 Å². The Kier molecular flexibility index (Phi) is 12.2. The van der Waals surface area contributed by atoms with Crippen LogP contribution < -0.4 is 14.5 Å². The molecule has 0 saturated carbocycles. The maximum absolute atomic E-state index is 14.1. The first kappa shape index (κ1) is 41.4. The molecule has 2 aromatic heterocycles. The number of pyridine rings is 1. The summed E-state index contributed by atoms with van der Waals surface area (Å²) in [5.74, 6) is -1.59. The highest BCUT2D eigenvalue weighted by Crippen LogP contribution is 2.45. The van der Waals surface area contributed by atoms with Crippen molar-refractivity contribution in [3.05, 3.63) is 70.8 Å². The second-order valence-corrected chi connectivity index (χ2v) is 12.9. The summed E-state index contributed by atoms with van der Waals surface area (Å²) < 4.78 is 136. The molecule has 1 amide bonds. The van der Waals surface area contributed by atoms with Crippen LogP contribution in [0.15, 0.2) is 42.7 Å². The van der Waals surface area contributed by atoms with Gasteiger partial charge in [-0.05, 0) is 69.0 Å². The summed E-state index contributed by atoms with van der Waals surface area (Å²) in [6, 6.07) is 1.95. The molecular weight excluding hydrogens is 743 g/mol. The van der Waals surface area contributed by atoms with Crippen LogP contribution in [0.1, 0.15) is 80.6 Å². The molecule has 1 aliphatic rings. The third-order valence-electron chi connectivity index (χ3n) is 8.38. The highest BCUT2D eigenvalue weighted by molar-refractivity contribution is 5.90. The number of anilines is 2. The van der Waals surface area contributed by atoms with Gasteiger partial charge in [-0.2, -0.15) is 44.8 Å². The number of halogens is 9. The van der Waals surface area contributed by atoms with Crippen molar-refractivity contribution in [2.45, 2.75) is 83.6 Å². The number of amides is 1. The first-order chi connectivity index (χ1) is 25.1. The fourth-order valence-corrected chi connectivity index (χ4v) is 5.49. The van der Waals surface area contributed by atoms with Crippen LogP contribution >= 0.6 is 0 Å². The minimum atomic E-state index is -5.22. The van der Waals surface area contributed by atoms with Crippen LogP contribution in [0.2, 0.25) is 0 Å². The number of aromatic nitrogens is 3. The SMILES string of the molecule is CC[C@@H]1C[C@@H](N(Cc2cc(C(F)(F)F)cc(C(F)(F)F)c2)c2ncc(OCCCC#N)cn2)c2nc(C(F)(F)F)ccc2N1C(=O)OCC(C)(C)C(=O)O. The molecule has 0 fully saturated rings. The molecule has 0 spiro atoms. The summed E-state index contributed by atoms with van der Waals surface area (Å²) in [5.41, 5.74) is -7.53. The van der Waals surface area contributed by atoms with E-state index in [1.165, 1.54) is 13.8 Å². The van der Waals surface area contributed by atoms with Gasteiger partial charge in [-0.1, -0.05) is 6.92 Å². The average Bonchev–Trinajstić information content (AvgIpc) is 3.09. The zero-order valence-electron chi connectivity index (χ0n) is 28.8. The van der Waals surface area contributed by atoms with Gasteiger partial charge in [0.05, 0.1) is 59.0 Å². The number of rotatable bonds is 12. The van der Waals surface area contributed by atoms with Crippen molar-refractivity contribution in [1.29, 1.82) is 5.26 Å². The van der Waals surface area contributed by atoms with Crippen molar-refractivity contribution in [2.75, 3.05) is 23.0 Å². The van der Waals surface area contributed by atoms with Crippen molar-refractivity contribution in [2.24, 2.45) is 5.41 Å². The van der Waals surface area contributed by atoms with E-state index in [1.54, 1.807) is 6.92 Å². The molecule has 2 atom stereocenters. The van der Waals surface area contributed by atoms with Gasteiger partial charge in [-0.25, -0.2) is 19.7 Å². The van der Waals surface area contributed by atoms with Gasteiger partial charge in [0.1, 0.15) is 12.3 Å². The monoisotopic (exact) mass is 776 g/mol. The Morgan fingerprint density at radius 2 is 1.59 bits per heavy atom. The maximum atomic E-state index is 14.1. The van der Waals surface area contributed by atoms with Crippen LogP contribution in [-0.2, 0) is 34.6 Å². The van der Waals surface area contributed by atoms with Crippen LogP contribution in [0.25, 0.3) is 0 Å². The lowest BCUT2D eigenvalue weighted by atomic mass is 9.91. The van der Waals surface area contributed by atoms with Crippen molar-refractivity contribution >= 4 is 23.7 Å². The molecule has 1 N–H and O–H groups in total. The summed E-state index contributed by atoms with van der Waals surface area (Å²) in [6.45, 7) is 2.77. The number of aliphatic carboxylic acids is 1. The minimum absolute atomic E-state index is 0.0678. The molecule has 0 unspecified atom stereocenters. The number of hydrogen-bond acceptors (Lipinski definition) is 9. The lowest BCUT2D eigenvalue weighted by Crippen LogP contribution is -2.49. The quantitative estimate of drug-likeness (QED) is 0.140. The number of alkyl halides is 9. The van der Waals surface area contributed by atoms with E-state index in [0.717, 1.165) is 28.3 Å². The van der Waals surface area contributed by atoms with Gasteiger partial charge in [0.2, 0.25) is 5.95 Å². The van der Waals surface area contributed by atoms with Gasteiger partial charge in [0.15, 0.2) is 5.75 Å². The first-order valence-electron chi connectivity index (χ1n) is 16.2. The summed E-state index contributed by atoms with van der Waals surface area (Å²) in [6.07, 6.45) is -14.1. The lowest BCUT2D eigenvalue weighted by molar-refractivity contribution is -0.149. The van der Waals surface area contributed by atoms with Crippen LogP contribution in [0.4, 0.5) is 55.9 Å². The molecule has 0 saturated heterocycles. The number of carboxylic acid groups (broad SMARTS) is 1. The van der Waals surface area contributed by atoms with E-state index in [0.29, 0.717) is 24.6 Å². The van der Waals surface area contributed by atoms with Gasteiger partial charge in [0, 0.05) is 19.0 Å². The Morgan fingerprint density at radius 3 is 2.11 bits per heavy atom. The minimum Gasteiger partial charge on any atom is -0.490 e. The van der Waals surface area contributed by atoms with E-state index in [1.807, 2.05) is 6.07 Å². The van der Waals surface area contributed by atoms with E-state index < -0.39 is 89.3 Å². The topological polar surface area (TPSA) is 142 Å². The third kappa shape index (κ3) is 9.79. The first-order valence-corrected chi connectivity index (χ1v) is 16.2. The normalized spacial score (nSPS) is 16.3. The molecule has 11 nitrogen and oxygen atoms in total. The molecule has 0 radical (unpaired) electrons. The lowest BCUT2D eigenvalue weighted by Gasteiger charge is -2.43. The number of nitriles is 1. The van der Waals surface area contributed by atoms with Gasteiger partial charge >= 0.3 is 30.6 Å². The van der Waals surface area contributed by atoms with Gasteiger partial charge in [0.25, 0.3) is 0 Å². The number of hydrogen-bond donors (Lipinski definition) is 1. The fourth-order valence-electron chi connectivity index (χ4n) is 5.49. The van der Waals surface area contributed by atoms with Gasteiger partial charge < -0.3 is 19.5 Å². The zero-order valence-corrected chi connectivity index (χ0v) is 28.8. The van der Waals surface area contributed by atoms with Gasteiger partial charge in [-0.15, -0.1) is 0 Å². The Morgan fingerprint density at radius 1 is 0.981 bits per heavy atom. The molecule has 3 aromatic rings. The molecule has 20 heteroatoms. The summed E-state index contributed by atoms with van der Waals surface area (Å²) >= 11 is 0. The largest absolute Gasteiger partial charge is 0.490 e. The van der Waals surface area contributed by atoms with Gasteiger partial charge in [-0.3, -0.25) is 9.69 Å². The number of nitrogens with zero attached hydrogens (tertiary/aromatic N) is 6. The predicted octanol–water partition coefficient (Wildman–Crippen LogP) is 8.59. The standard InChI is InChI=1S/C34H33F9N6O5/c1-4-22-14-25(27-24(7-8-26(47-27)34(41,42)43)49(22)30(52)54-18-31(2,3)28(50)51)48(29-45-15-23(16-46-29)53-10-6-5-9-44)17-19-11-20(32(35,36)37)13-21(12-19)33(38,39)40/h7-8,11-13,15-16,22,25H,4-6,10,14,17-18H2,1-3H3,(H,50,51)/t22-,25-/m1/s1. The van der Waals surface area contributed by atoms with Crippen molar-refractivity contribution < 1.29 is 63.7 Å². The average molecular weight is 777 g/mol. The smallest absolute Gasteiger partial charge is 0.433 e. The highest BCUT2D eigenvalue weighted by Gasteiger charge is 2.44. The number of benzene rings is 1. The second kappa shape index (κ2) is 15.9. The number of carbonyl (C=O) groups is 2. The summed E-state index contributed by atoms with van der Waals surface area (Å²) in [5, 5.41) is 18.2. The van der Waals surface area contributed by atoms with Crippen LogP contribution in [0, 0.1) is 16.7 Å². The van der Waals surface area contributed by atoms with E-state index in [2.05, 4.69) is 15.0 Å². The van der Waals surface area contributed by atoms with Crippen molar-refractivity contribution in [3.8, 4) is 11.8 Å². The number of carbonyl (C=O) groups excluding carboxylic acids is 1. The van der Waals surface area contributed by atoms with Crippen LogP contribution in [0.3, 0.4) is 0 Å². The Hall–Kier alpha value is -5.35. The predicted molar refractivity (Wildman–Crippen MR) is 171 cm³/mol. The Balaban J connectivity index is 1.91. The number of ether oxygens (including phenoxy) is 2. The van der Waals surface area contributed by atoms with E-state index >= 15 is 0 Å². The Bertz CT molecular complexity index is 1830. The fraction of sp³-hybridized carbons (Fsp3) is 0.471. The zero-order chi connectivity index (χ0) is 40.2. The molecule has 292 valence electrons. The van der Waals surface area contributed by atoms with Crippen LogP contribution in [-0.4, -0.2) is 51.4 Å². The molecule has 1 aliphatic heterocycles. The molecule has 0 aliphatic carbocycles. The van der Waals surface area contributed by atoms with E-state index in [-0.39, 0.29) is 49.3 Å². The number of unbranched alkanes of at least 4 members (excludes halogenated alkanes) is 1. The molecular formula is C34H33F9N6O5. The van der Waals surface area contributed by atoms with Crippen molar-refractivity contribution in [1.82, 2.24) is 15.0 Å². The van der Waals surface area contributed by atoms with E-state index in [4.69, 9.17) is 14.7 Å². The number of fused-ring (bicyclic) bond motifs is 1.